The number of nitrogens with zero attached hydrogens (tertiary/aromatic N) is 4. The lowest BCUT2D eigenvalue weighted by Gasteiger charge is -2.37. The highest BCUT2D eigenvalue weighted by molar-refractivity contribution is 5.60. The van der Waals surface area contributed by atoms with E-state index >= 15 is 0 Å². The fourth-order valence-electron chi connectivity index (χ4n) is 3.01. The molecule has 0 aromatic heterocycles. The van der Waals surface area contributed by atoms with E-state index in [0.717, 1.165) is 31.1 Å². The summed E-state index contributed by atoms with van der Waals surface area (Å²) in [4.78, 5) is 4.46. The van der Waals surface area contributed by atoms with Crippen LogP contribution in [0.4, 0.5) is 5.69 Å². The standard InChI is InChI=1S/C18H24N4O/c1-3-22-14-16(23-18-9-5-4-8-17(18)22)13-21(2)12-15(11-20)7-6-10-19/h4-5,8-9,15-16H,3,6-7,12-14H2,1-2H3/t15-,16+/m0/s1. The van der Waals surface area contributed by atoms with Crippen LogP contribution in [0.25, 0.3) is 0 Å². The Labute approximate surface area is 138 Å². The third-order valence-electron chi connectivity index (χ3n) is 4.14. The van der Waals surface area contributed by atoms with Crippen molar-refractivity contribution in [2.75, 3.05) is 38.1 Å². The number of benzene rings is 1. The Kier molecular flexibility index (Phi) is 6.26. The number of hydrogen-bond donors (Lipinski definition) is 0. The first-order valence-corrected chi connectivity index (χ1v) is 8.13. The second-order valence-corrected chi connectivity index (χ2v) is 5.99. The molecule has 0 fully saturated rings. The molecule has 0 N–H and O–H groups in total. The van der Waals surface area contributed by atoms with E-state index in [4.69, 9.17) is 10.00 Å². The van der Waals surface area contributed by atoms with Gasteiger partial charge >= 0.3 is 0 Å². The number of ether oxygens (including phenoxy) is 1. The Morgan fingerprint density at radius 2 is 2.17 bits per heavy atom. The van der Waals surface area contributed by atoms with E-state index < -0.39 is 0 Å². The van der Waals surface area contributed by atoms with Crippen LogP contribution in [0.5, 0.6) is 5.75 Å². The third kappa shape index (κ3) is 4.61. The topological polar surface area (TPSA) is 63.3 Å². The Morgan fingerprint density at radius 3 is 2.87 bits per heavy atom. The molecule has 0 spiro atoms. The molecule has 5 heteroatoms. The fourth-order valence-corrected chi connectivity index (χ4v) is 3.01. The lowest BCUT2D eigenvalue weighted by Crippen LogP contribution is -2.46. The molecule has 0 saturated carbocycles. The smallest absolute Gasteiger partial charge is 0.143 e. The van der Waals surface area contributed by atoms with Gasteiger partial charge < -0.3 is 14.5 Å². The first-order chi connectivity index (χ1) is 11.2. The molecule has 23 heavy (non-hydrogen) atoms. The van der Waals surface area contributed by atoms with Crippen LogP contribution in [-0.4, -0.2) is 44.2 Å². The van der Waals surface area contributed by atoms with Crippen molar-refractivity contribution in [3.63, 3.8) is 0 Å². The molecule has 1 aliphatic rings. The Morgan fingerprint density at radius 1 is 1.39 bits per heavy atom. The third-order valence-corrected chi connectivity index (χ3v) is 4.14. The Balaban J connectivity index is 1.93. The van der Waals surface area contributed by atoms with Crippen LogP contribution in [0, 0.1) is 28.6 Å². The monoisotopic (exact) mass is 312 g/mol. The molecule has 2 atom stereocenters. The van der Waals surface area contributed by atoms with Gasteiger partial charge in [0.15, 0.2) is 0 Å². The molecular weight excluding hydrogens is 288 g/mol. The number of anilines is 1. The molecule has 0 radical (unpaired) electrons. The van der Waals surface area contributed by atoms with Crippen LogP contribution in [0.15, 0.2) is 24.3 Å². The van der Waals surface area contributed by atoms with Crippen molar-refractivity contribution in [2.24, 2.45) is 5.92 Å². The molecule has 2 rings (SSSR count). The van der Waals surface area contributed by atoms with Gasteiger partial charge in [-0.05, 0) is 32.5 Å². The highest BCUT2D eigenvalue weighted by Gasteiger charge is 2.26. The van der Waals surface area contributed by atoms with Crippen molar-refractivity contribution in [1.82, 2.24) is 4.90 Å². The van der Waals surface area contributed by atoms with Gasteiger partial charge in [0.2, 0.25) is 0 Å². The molecule has 0 aliphatic carbocycles. The molecular formula is C18H24N4O. The summed E-state index contributed by atoms with van der Waals surface area (Å²) in [6.07, 6.45) is 1.15. The van der Waals surface area contributed by atoms with Crippen LogP contribution in [0.2, 0.25) is 0 Å². The SMILES string of the molecule is CCN1C[C@@H](CN(C)C[C@H](C#N)CCC#N)Oc2ccccc21. The minimum Gasteiger partial charge on any atom is -0.485 e. The summed E-state index contributed by atoms with van der Waals surface area (Å²) in [5, 5.41) is 17.8. The molecule has 0 unspecified atom stereocenters. The molecule has 0 saturated heterocycles. The van der Waals surface area contributed by atoms with Gasteiger partial charge in [-0.3, -0.25) is 0 Å². The minimum atomic E-state index is -0.0993. The van der Waals surface area contributed by atoms with E-state index in [2.05, 4.69) is 34.9 Å². The summed E-state index contributed by atoms with van der Waals surface area (Å²) in [5.74, 6) is 0.832. The minimum absolute atomic E-state index is 0.0881. The first kappa shape index (κ1) is 17.1. The van der Waals surface area contributed by atoms with Gasteiger partial charge in [-0.2, -0.15) is 10.5 Å². The quantitative estimate of drug-likeness (QED) is 0.774. The van der Waals surface area contributed by atoms with E-state index in [1.165, 1.54) is 0 Å². The maximum absolute atomic E-state index is 9.19. The maximum Gasteiger partial charge on any atom is 0.143 e. The van der Waals surface area contributed by atoms with Crippen molar-refractivity contribution in [3.05, 3.63) is 24.3 Å². The molecule has 1 aliphatic heterocycles. The van der Waals surface area contributed by atoms with Gasteiger partial charge in [-0.1, -0.05) is 12.1 Å². The number of likely N-dealkylation sites (N-methyl/N-ethyl adjacent to an activating group) is 2. The second kappa shape index (κ2) is 8.41. The summed E-state index contributed by atoms with van der Waals surface area (Å²) in [6.45, 7) is 5.40. The summed E-state index contributed by atoms with van der Waals surface area (Å²) in [7, 11) is 2.01. The van der Waals surface area contributed by atoms with Gasteiger partial charge in [0.05, 0.1) is 30.3 Å². The lowest BCUT2D eigenvalue weighted by molar-refractivity contribution is 0.137. The second-order valence-electron chi connectivity index (χ2n) is 5.99. The van der Waals surface area contributed by atoms with Gasteiger partial charge in [-0.15, -0.1) is 0 Å². The van der Waals surface area contributed by atoms with Gasteiger partial charge in [0.1, 0.15) is 11.9 Å². The van der Waals surface area contributed by atoms with Gasteiger partial charge in [0.25, 0.3) is 0 Å². The molecule has 5 nitrogen and oxygen atoms in total. The fraction of sp³-hybridized carbons (Fsp3) is 0.556. The molecule has 0 bridgehead atoms. The van der Waals surface area contributed by atoms with Gasteiger partial charge in [0, 0.05) is 26.1 Å². The Hall–Kier alpha value is -2.24. The van der Waals surface area contributed by atoms with Crippen LogP contribution in [-0.2, 0) is 0 Å². The zero-order chi connectivity index (χ0) is 16.7. The average molecular weight is 312 g/mol. The van der Waals surface area contributed by atoms with Crippen LogP contribution in [0.1, 0.15) is 19.8 Å². The highest BCUT2D eigenvalue weighted by Crippen LogP contribution is 2.32. The molecule has 1 aromatic rings. The average Bonchev–Trinajstić information content (AvgIpc) is 2.57. The molecule has 1 heterocycles. The number of fused-ring (bicyclic) bond motifs is 1. The predicted molar refractivity (Wildman–Crippen MR) is 90.2 cm³/mol. The van der Waals surface area contributed by atoms with E-state index in [-0.39, 0.29) is 12.0 Å². The van der Waals surface area contributed by atoms with Crippen molar-refractivity contribution >= 4 is 5.69 Å². The highest BCUT2D eigenvalue weighted by atomic mass is 16.5. The van der Waals surface area contributed by atoms with Crippen molar-refractivity contribution in [2.45, 2.75) is 25.9 Å². The summed E-state index contributed by atoms with van der Waals surface area (Å²) in [5.41, 5.74) is 1.15. The van der Waals surface area contributed by atoms with E-state index in [1.54, 1.807) is 0 Å². The van der Waals surface area contributed by atoms with Crippen molar-refractivity contribution in [3.8, 4) is 17.9 Å². The van der Waals surface area contributed by atoms with Crippen molar-refractivity contribution in [1.29, 1.82) is 10.5 Å². The number of rotatable bonds is 7. The van der Waals surface area contributed by atoms with E-state index in [0.29, 0.717) is 19.4 Å². The number of hydrogen-bond acceptors (Lipinski definition) is 5. The number of para-hydroxylation sites is 2. The maximum atomic E-state index is 9.19. The normalized spacial score (nSPS) is 17.8. The van der Waals surface area contributed by atoms with Gasteiger partial charge in [-0.25, -0.2) is 0 Å². The summed E-state index contributed by atoms with van der Waals surface area (Å²) < 4.78 is 6.11. The van der Waals surface area contributed by atoms with E-state index in [1.807, 2.05) is 25.2 Å². The largest absolute Gasteiger partial charge is 0.485 e. The van der Waals surface area contributed by atoms with Crippen LogP contribution in [0.3, 0.4) is 0 Å². The van der Waals surface area contributed by atoms with Crippen LogP contribution >= 0.6 is 0 Å². The summed E-state index contributed by atoms with van der Waals surface area (Å²) in [6, 6.07) is 12.5. The number of nitriles is 2. The van der Waals surface area contributed by atoms with Crippen molar-refractivity contribution < 1.29 is 4.74 Å². The zero-order valence-corrected chi connectivity index (χ0v) is 13.9. The lowest BCUT2D eigenvalue weighted by atomic mass is 10.0. The predicted octanol–water partition coefficient (Wildman–Crippen LogP) is 2.65. The van der Waals surface area contributed by atoms with Crippen LogP contribution < -0.4 is 9.64 Å². The van der Waals surface area contributed by atoms with E-state index in [9.17, 15) is 5.26 Å². The summed E-state index contributed by atoms with van der Waals surface area (Å²) >= 11 is 0. The first-order valence-electron chi connectivity index (χ1n) is 8.13. The molecule has 122 valence electrons. The molecule has 1 aromatic carbocycles. The Bertz CT molecular complexity index is 589. The molecule has 0 amide bonds. The zero-order valence-electron chi connectivity index (χ0n) is 13.9.